The van der Waals surface area contributed by atoms with Crippen LogP contribution >= 0.6 is 0 Å². The Morgan fingerprint density at radius 2 is 2.00 bits per heavy atom. The first-order valence-electron chi connectivity index (χ1n) is 6.42. The Morgan fingerprint density at radius 1 is 1.39 bits per heavy atom. The van der Waals surface area contributed by atoms with E-state index in [1.807, 2.05) is 32.0 Å². The summed E-state index contributed by atoms with van der Waals surface area (Å²) in [5.41, 5.74) is 7.03. The number of hydrogen-bond acceptors (Lipinski definition) is 4. The van der Waals surface area contributed by atoms with Gasteiger partial charge in [0.05, 0.1) is 11.1 Å². The number of carbonyl (C=O) groups excluding carboxylic acids is 1. The van der Waals surface area contributed by atoms with Crippen LogP contribution in [0.1, 0.15) is 41.6 Å². The highest BCUT2D eigenvalue weighted by molar-refractivity contribution is 6.06. The van der Waals surface area contributed by atoms with Crippen molar-refractivity contribution in [1.82, 2.24) is 9.88 Å². The molecule has 1 aliphatic rings. The van der Waals surface area contributed by atoms with Gasteiger partial charge in [0.2, 0.25) is 0 Å². The van der Waals surface area contributed by atoms with E-state index >= 15 is 0 Å². The summed E-state index contributed by atoms with van der Waals surface area (Å²) in [5, 5.41) is 0. The normalized spacial score (nSPS) is 18.2. The van der Waals surface area contributed by atoms with E-state index in [1.54, 1.807) is 6.20 Å². The molecule has 0 saturated heterocycles. The fourth-order valence-electron chi connectivity index (χ4n) is 2.85. The molecule has 1 aromatic heterocycles. The molecule has 0 radical (unpaired) electrons. The lowest BCUT2D eigenvalue weighted by molar-refractivity contribution is 0.0694. The van der Waals surface area contributed by atoms with Gasteiger partial charge in [0.25, 0.3) is 0 Å². The minimum atomic E-state index is -0.385. The SMILES string of the molecule is Cc1cnc(N)c(C(=O)C2(N(C)C)CCCC2)c1. The van der Waals surface area contributed by atoms with E-state index in [1.165, 1.54) is 0 Å². The van der Waals surface area contributed by atoms with Crippen LogP contribution < -0.4 is 5.73 Å². The second kappa shape index (κ2) is 4.69. The van der Waals surface area contributed by atoms with Crippen LogP contribution in [0.15, 0.2) is 12.3 Å². The van der Waals surface area contributed by atoms with Crippen LogP contribution in [0.2, 0.25) is 0 Å². The summed E-state index contributed by atoms with van der Waals surface area (Å²) in [6.45, 7) is 1.93. The third-order valence-electron chi connectivity index (χ3n) is 4.01. The molecule has 0 aromatic carbocycles. The van der Waals surface area contributed by atoms with Gasteiger partial charge in [0.1, 0.15) is 5.82 Å². The van der Waals surface area contributed by atoms with Crippen LogP contribution in [0.25, 0.3) is 0 Å². The van der Waals surface area contributed by atoms with Crippen LogP contribution in [0.3, 0.4) is 0 Å². The molecule has 18 heavy (non-hydrogen) atoms. The van der Waals surface area contributed by atoms with Gasteiger partial charge >= 0.3 is 0 Å². The van der Waals surface area contributed by atoms with Crippen molar-refractivity contribution in [2.75, 3.05) is 19.8 Å². The number of nitrogens with two attached hydrogens (primary N) is 1. The van der Waals surface area contributed by atoms with Gasteiger partial charge in [0.15, 0.2) is 5.78 Å². The lowest BCUT2D eigenvalue weighted by Gasteiger charge is -2.35. The second-order valence-electron chi connectivity index (χ2n) is 5.41. The lowest BCUT2D eigenvalue weighted by Crippen LogP contribution is -2.49. The fourth-order valence-corrected chi connectivity index (χ4v) is 2.85. The van der Waals surface area contributed by atoms with Gasteiger partial charge in [-0.15, -0.1) is 0 Å². The van der Waals surface area contributed by atoms with Crippen molar-refractivity contribution in [2.45, 2.75) is 38.1 Å². The summed E-state index contributed by atoms with van der Waals surface area (Å²) in [6.07, 6.45) is 5.72. The number of nitrogen functional groups attached to an aromatic ring is 1. The standard InChI is InChI=1S/C14H21N3O/c1-10-8-11(13(15)16-9-10)12(18)14(17(2)3)6-4-5-7-14/h8-9H,4-7H2,1-3H3,(H2,15,16). The van der Waals surface area contributed by atoms with Gasteiger partial charge in [-0.2, -0.15) is 0 Å². The first kappa shape index (κ1) is 13.0. The molecule has 1 fully saturated rings. The predicted molar refractivity (Wildman–Crippen MR) is 72.6 cm³/mol. The summed E-state index contributed by atoms with van der Waals surface area (Å²) in [5.74, 6) is 0.470. The van der Waals surface area contributed by atoms with E-state index < -0.39 is 0 Å². The Hall–Kier alpha value is -1.42. The molecule has 2 rings (SSSR count). The lowest BCUT2D eigenvalue weighted by atomic mass is 9.86. The zero-order chi connectivity index (χ0) is 13.3. The van der Waals surface area contributed by atoms with Crippen molar-refractivity contribution in [3.63, 3.8) is 0 Å². The molecule has 98 valence electrons. The Kier molecular flexibility index (Phi) is 3.39. The van der Waals surface area contributed by atoms with E-state index in [0.29, 0.717) is 11.4 Å². The number of anilines is 1. The number of carbonyl (C=O) groups is 1. The van der Waals surface area contributed by atoms with Gasteiger partial charge in [-0.25, -0.2) is 4.98 Å². The molecule has 1 saturated carbocycles. The number of hydrogen-bond donors (Lipinski definition) is 1. The molecule has 2 N–H and O–H groups in total. The summed E-state index contributed by atoms with van der Waals surface area (Å²) in [7, 11) is 3.95. The minimum Gasteiger partial charge on any atom is -0.383 e. The Balaban J connectivity index is 2.43. The Morgan fingerprint density at radius 3 is 2.56 bits per heavy atom. The summed E-state index contributed by atoms with van der Waals surface area (Å²) >= 11 is 0. The fraction of sp³-hybridized carbons (Fsp3) is 0.571. The number of likely N-dealkylation sites (N-methyl/N-ethyl adjacent to an activating group) is 1. The Labute approximate surface area is 108 Å². The van der Waals surface area contributed by atoms with Crippen molar-refractivity contribution in [3.05, 3.63) is 23.4 Å². The zero-order valence-electron chi connectivity index (χ0n) is 11.4. The molecule has 0 unspecified atom stereocenters. The third kappa shape index (κ3) is 2.01. The maximum atomic E-state index is 12.8. The second-order valence-corrected chi connectivity index (χ2v) is 5.41. The molecular weight excluding hydrogens is 226 g/mol. The molecule has 0 aliphatic heterocycles. The maximum Gasteiger partial charge on any atom is 0.186 e. The highest BCUT2D eigenvalue weighted by Crippen LogP contribution is 2.37. The molecule has 0 atom stereocenters. The van der Waals surface area contributed by atoms with Crippen molar-refractivity contribution in [2.24, 2.45) is 0 Å². The summed E-state index contributed by atoms with van der Waals surface area (Å²) in [6, 6.07) is 1.86. The summed E-state index contributed by atoms with van der Waals surface area (Å²) in [4.78, 5) is 19.0. The van der Waals surface area contributed by atoms with Gasteiger partial charge < -0.3 is 5.73 Å². The number of aryl methyl sites for hydroxylation is 1. The van der Waals surface area contributed by atoms with Gasteiger partial charge in [-0.3, -0.25) is 9.69 Å². The monoisotopic (exact) mass is 247 g/mol. The average Bonchev–Trinajstić information content (AvgIpc) is 2.82. The van der Waals surface area contributed by atoms with Crippen molar-refractivity contribution in [3.8, 4) is 0 Å². The van der Waals surface area contributed by atoms with Crippen LogP contribution in [0.4, 0.5) is 5.82 Å². The van der Waals surface area contributed by atoms with Crippen molar-refractivity contribution < 1.29 is 4.79 Å². The highest BCUT2D eigenvalue weighted by Gasteiger charge is 2.44. The number of Topliss-reactive ketones (excluding diaryl/α,β-unsaturated/α-hetero) is 1. The summed E-state index contributed by atoms with van der Waals surface area (Å²) < 4.78 is 0. The number of pyridine rings is 1. The molecule has 0 bridgehead atoms. The quantitative estimate of drug-likeness (QED) is 0.830. The third-order valence-corrected chi connectivity index (χ3v) is 4.01. The number of ketones is 1. The minimum absolute atomic E-state index is 0.124. The van der Waals surface area contributed by atoms with E-state index in [-0.39, 0.29) is 11.3 Å². The first-order valence-corrected chi connectivity index (χ1v) is 6.42. The number of aromatic nitrogens is 1. The van der Waals surface area contributed by atoms with Gasteiger partial charge in [0, 0.05) is 6.20 Å². The van der Waals surface area contributed by atoms with E-state index in [2.05, 4.69) is 4.98 Å². The molecule has 1 aromatic rings. The molecule has 4 nitrogen and oxygen atoms in total. The zero-order valence-corrected chi connectivity index (χ0v) is 11.4. The molecule has 0 amide bonds. The molecule has 4 heteroatoms. The molecular formula is C14H21N3O. The van der Waals surface area contributed by atoms with E-state index in [9.17, 15) is 4.79 Å². The topological polar surface area (TPSA) is 59.2 Å². The van der Waals surface area contributed by atoms with Gasteiger partial charge in [-0.05, 0) is 45.5 Å². The molecule has 1 heterocycles. The number of rotatable bonds is 3. The van der Waals surface area contributed by atoms with Crippen LogP contribution in [0.5, 0.6) is 0 Å². The molecule has 0 spiro atoms. The number of nitrogens with zero attached hydrogens (tertiary/aromatic N) is 2. The van der Waals surface area contributed by atoms with E-state index in [0.717, 1.165) is 31.2 Å². The Bertz CT molecular complexity index is 462. The smallest absolute Gasteiger partial charge is 0.186 e. The average molecular weight is 247 g/mol. The van der Waals surface area contributed by atoms with Crippen molar-refractivity contribution in [1.29, 1.82) is 0 Å². The van der Waals surface area contributed by atoms with Crippen LogP contribution in [0, 0.1) is 6.92 Å². The molecule has 1 aliphatic carbocycles. The first-order chi connectivity index (χ1) is 8.47. The largest absolute Gasteiger partial charge is 0.383 e. The van der Waals surface area contributed by atoms with Crippen molar-refractivity contribution >= 4 is 11.6 Å². The van der Waals surface area contributed by atoms with Gasteiger partial charge in [-0.1, -0.05) is 12.8 Å². The predicted octanol–water partition coefficient (Wildman–Crippen LogP) is 2.03. The maximum absolute atomic E-state index is 12.8. The highest BCUT2D eigenvalue weighted by atomic mass is 16.1. The van der Waals surface area contributed by atoms with E-state index in [4.69, 9.17) is 5.73 Å². The van der Waals surface area contributed by atoms with Crippen LogP contribution in [-0.4, -0.2) is 35.3 Å². The van der Waals surface area contributed by atoms with Crippen LogP contribution in [-0.2, 0) is 0 Å².